The monoisotopic (exact) mass is 234 g/mol. The van der Waals surface area contributed by atoms with Crippen LogP contribution in [0.2, 0.25) is 0 Å². The molecule has 0 aliphatic carbocycles. The quantitative estimate of drug-likeness (QED) is 0.451. The van der Waals surface area contributed by atoms with Gasteiger partial charge in [0.25, 0.3) is 0 Å². The molecule has 26 valence electrons. The van der Waals surface area contributed by atoms with E-state index < -0.39 is 0 Å². The summed E-state index contributed by atoms with van der Waals surface area (Å²) in [4.78, 5) is 0. The summed E-state index contributed by atoms with van der Waals surface area (Å²) < 4.78 is 0. The van der Waals surface area contributed by atoms with Crippen LogP contribution in [-0.4, -0.2) is 0 Å². The van der Waals surface area contributed by atoms with Gasteiger partial charge < -0.3 is 6.92 Å². The first kappa shape index (κ1) is 17.1. The van der Waals surface area contributed by atoms with Crippen molar-refractivity contribution in [1.82, 2.24) is 0 Å². The fourth-order valence-corrected chi connectivity index (χ4v) is 0. The predicted octanol–water partition coefficient (Wildman–Crippen LogP) is 0.919. The van der Waals surface area contributed by atoms with Gasteiger partial charge in [0.1, 0.15) is 0 Å². The second-order valence-corrected chi connectivity index (χ2v) is 0.158. The van der Waals surface area contributed by atoms with E-state index in [1.54, 1.807) is 0 Å². The van der Waals surface area contributed by atoms with Crippen LogP contribution >= 0.6 is 17.0 Å². The Labute approximate surface area is 62.3 Å². The normalized spacial score (nSPS) is 1.40. The molecule has 3 heteroatoms. The van der Waals surface area contributed by atoms with E-state index >= 15 is 0 Å². The summed E-state index contributed by atoms with van der Waals surface area (Å²) in [5.41, 5.74) is 0. The maximum absolute atomic E-state index is 7.21. The van der Waals surface area contributed by atoms with Crippen LogP contribution in [0.5, 0.6) is 0 Å². The number of hydrogen-bond acceptors (Lipinski definition) is 1. The van der Waals surface area contributed by atoms with Gasteiger partial charge >= 0.3 is 0 Å². The van der Waals surface area contributed by atoms with Crippen LogP contribution in [0.3, 0.4) is 0 Å². The largest absolute Gasteiger partial charge is 0.305 e. The van der Waals surface area contributed by atoms with Gasteiger partial charge in [0.2, 0.25) is 0 Å². The molecule has 0 heterocycles. The average molecular weight is 233 g/mol. The minimum Gasteiger partial charge on any atom is -0.305 e. The first-order valence-electron chi connectivity index (χ1n) is 0.577. The maximum atomic E-state index is 7.21. The Bertz CT molecular complexity index is 31.1. The van der Waals surface area contributed by atoms with E-state index in [0.717, 1.165) is 0 Å². The summed E-state index contributed by atoms with van der Waals surface area (Å²) in [5, 5.41) is 7.21. The zero-order valence-electron chi connectivity index (χ0n) is 2.77. The molecule has 0 amide bonds. The average Bonchev–Trinajstić information content (AvgIpc) is 0.918. The topological polar surface area (TPSA) is 23.8 Å². The Kier molecular flexibility index (Phi) is 74.4. The van der Waals surface area contributed by atoms with Gasteiger partial charge in [0, 0.05) is 27.3 Å². The van der Waals surface area contributed by atoms with E-state index in [1.165, 1.54) is 6.07 Å². The number of hydrogen-bond donors (Lipinski definition) is 0. The first-order chi connectivity index (χ1) is 1.41. The van der Waals surface area contributed by atoms with Gasteiger partial charge in [-0.05, 0) is 0 Å². The predicted molar refractivity (Wildman–Crippen MR) is 21.3 cm³/mol. The molecule has 0 atom stereocenters. The molecule has 0 unspecified atom stereocenters. The molecule has 1 nitrogen and oxygen atoms in total. The van der Waals surface area contributed by atoms with E-state index in [1.807, 2.05) is 0 Å². The second-order valence-electron chi connectivity index (χ2n) is 0.158. The molecule has 0 aromatic rings. The molecule has 0 aliphatic rings. The van der Waals surface area contributed by atoms with Crippen LogP contribution in [0.15, 0.2) is 0 Å². The van der Waals surface area contributed by atoms with E-state index in [4.69, 9.17) is 5.26 Å². The standard InChI is InChI=1S/C2H2N.BrH.Cd/c1-2-3;;/h1H2;1H;/q-1;;. The van der Waals surface area contributed by atoms with Crippen molar-refractivity contribution < 1.29 is 27.3 Å². The third-order valence-corrected chi connectivity index (χ3v) is 0. The van der Waals surface area contributed by atoms with Gasteiger partial charge in [0.05, 0.1) is 0 Å². The molecule has 0 spiro atoms. The SMILES string of the molecule is Br.[CH2-]C#N.[Cd]. The van der Waals surface area contributed by atoms with Crippen LogP contribution in [-0.2, 0) is 27.3 Å². The van der Waals surface area contributed by atoms with Crippen molar-refractivity contribution >= 4 is 17.0 Å². The number of halogens is 1. The summed E-state index contributed by atoms with van der Waals surface area (Å²) in [6, 6.07) is 1.50. The molecule has 0 aromatic heterocycles. The molecule has 0 bridgehead atoms. The summed E-state index contributed by atoms with van der Waals surface area (Å²) in [6.07, 6.45) is 0. The van der Waals surface area contributed by atoms with Gasteiger partial charge in [-0.3, -0.25) is 0 Å². The van der Waals surface area contributed by atoms with Crippen molar-refractivity contribution in [3.8, 4) is 6.07 Å². The van der Waals surface area contributed by atoms with Crippen molar-refractivity contribution in [2.45, 2.75) is 0 Å². The second kappa shape index (κ2) is 21.7. The van der Waals surface area contributed by atoms with Gasteiger partial charge in [0.15, 0.2) is 0 Å². The van der Waals surface area contributed by atoms with Crippen molar-refractivity contribution in [2.75, 3.05) is 0 Å². The van der Waals surface area contributed by atoms with Gasteiger partial charge in [-0.2, -0.15) is 0 Å². The molecule has 0 saturated heterocycles. The van der Waals surface area contributed by atoms with E-state index in [-0.39, 0.29) is 44.3 Å². The van der Waals surface area contributed by atoms with Crippen LogP contribution in [0.1, 0.15) is 0 Å². The number of nitriles is 1. The Balaban J connectivity index is -0.0000000200. The minimum atomic E-state index is 0. The van der Waals surface area contributed by atoms with E-state index in [9.17, 15) is 0 Å². The number of rotatable bonds is 0. The summed E-state index contributed by atoms with van der Waals surface area (Å²) in [5.74, 6) is 0. The van der Waals surface area contributed by atoms with Crippen LogP contribution in [0.25, 0.3) is 0 Å². The fraction of sp³-hybridized carbons (Fsp3) is 0. The zero-order chi connectivity index (χ0) is 2.71. The third-order valence-electron chi connectivity index (χ3n) is 0. The van der Waals surface area contributed by atoms with Crippen molar-refractivity contribution in [3.63, 3.8) is 0 Å². The Morgan fingerprint density at radius 3 is 1.60 bits per heavy atom. The van der Waals surface area contributed by atoms with Gasteiger partial charge in [-0.15, -0.1) is 23.1 Å². The molecule has 0 N–H and O–H groups in total. The minimum absolute atomic E-state index is 0. The molecule has 0 aliphatic heterocycles. The molecular formula is C2H3BrCdN-. The van der Waals surface area contributed by atoms with E-state index in [2.05, 4.69) is 6.92 Å². The molecule has 0 saturated carbocycles. The summed E-state index contributed by atoms with van der Waals surface area (Å²) >= 11 is 0. The zero-order valence-corrected chi connectivity index (χ0v) is 8.52. The molecule has 5 heavy (non-hydrogen) atoms. The van der Waals surface area contributed by atoms with Gasteiger partial charge in [-0.25, -0.2) is 5.26 Å². The van der Waals surface area contributed by atoms with Crippen molar-refractivity contribution in [2.24, 2.45) is 0 Å². The maximum Gasteiger partial charge on any atom is 0 e. The summed E-state index contributed by atoms with van der Waals surface area (Å²) in [6.45, 7) is 2.79. The smallest absolute Gasteiger partial charge is 0 e. The molecule has 0 rings (SSSR count). The van der Waals surface area contributed by atoms with Crippen molar-refractivity contribution in [1.29, 1.82) is 5.26 Å². The summed E-state index contributed by atoms with van der Waals surface area (Å²) in [7, 11) is 0. The third kappa shape index (κ3) is 62.6. The fourth-order valence-electron chi connectivity index (χ4n) is 0. The Morgan fingerprint density at radius 1 is 1.60 bits per heavy atom. The Morgan fingerprint density at radius 2 is 1.60 bits per heavy atom. The van der Waals surface area contributed by atoms with Crippen LogP contribution in [0, 0.1) is 18.3 Å². The molecule has 0 radical (unpaired) electrons. The van der Waals surface area contributed by atoms with Gasteiger partial charge in [-0.1, -0.05) is 0 Å². The van der Waals surface area contributed by atoms with Crippen LogP contribution < -0.4 is 0 Å². The van der Waals surface area contributed by atoms with Crippen molar-refractivity contribution in [3.05, 3.63) is 6.92 Å². The molecule has 0 aromatic carbocycles. The van der Waals surface area contributed by atoms with E-state index in [0.29, 0.717) is 0 Å². The first-order valence-corrected chi connectivity index (χ1v) is 0.577. The number of nitrogens with zero attached hydrogens (tertiary/aromatic N) is 1. The van der Waals surface area contributed by atoms with Crippen LogP contribution in [0.4, 0.5) is 0 Å². The molecular weight excluding hydrogens is 230 g/mol. The molecule has 0 fully saturated rings. The Hall–Kier alpha value is 0.762.